The number of ether oxygens (including phenoxy) is 1. The van der Waals surface area contributed by atoms with Gasteiger partial charge in [0.25, 0.3) is 11.8 Å². The number of hydrogen-bond acceptors (Lipinski definition) is 5. The second-order valence-corrected chi connectivity index (χ2v) is 8.52. The highest BCUT2D eigenvalue weighted by molar-refractivity contribution is 6.27. The maximum atomic E-state index is 12.9. The van der Waals surface area contributed by atoms with Gasteiger partial charge in [0, 0.05) is 0 Å². The molecule has 0 saturated carbocycles. The zero-order valence-corrected chi connectivity index (χ0v) is 19.7. The van der Waals surface area contributed by atoms with Crippen LogP contribution in [-0.2, 0) is 25.7 Å². The molecule has 2 atom stereocenters. The largest absolute Gasteiger partial charge is 0.445 e. The van der Waals surface area contributed by atoms with Crippen LogP contribution in [0.4, 0.5) is 4.79 Å². The highest BCUT2D eigenvalue weighted by Gasteiger charge is 2.28. The molecule has 10 heteroatoms. The van der Waals surface area contributed by atoms with E-state index in [1.807, 2.05) is 58.0 Å². The van der Waals surface area contributed by atoms with Crippen molar-refractivity contribution in [1.29, 1.82) is 0 Å². The summed E-state index contributed by atoms with van der Waals surface area (Å²) < 4.78 is 5.22. The highest BCUT2D eigenvalue weighted by atomic mass is 35.5. The molecule has 32 heavy (non-hydrogen) atoms. The summed E-state index contributed by atoms with van der Waals surface area (Å²) in [5.74, 6) is -1.80. The molecule has 178 valence electrons. The summed E-state index contributed by atoms with van der Waals surface area (Å²) in [5, 5.41) is 5.25. The second-order valence-electron chi connectivity index (χ2n) is 8.25. The fraction of sp³-hybridized carbons (Fsp3) is 0.545. The number of hydrogen-bond donors (Lipinski definition) is 4. The van der Waals surface area contributed by atoms with E-state index in [-0.39, 0.29) is 24.3 Å². The number of amides is 4. The van der Waals surface area contributed by atoms with Gasteiger partial charge in [0.1, 0.15) is 24.6 Å². The predicted molar refractivity (Wildman–Crippen MR) is 121 cm³/mol. The number of carbonyl (C=O) groups excluding carboxylic acids is 4. The molecule has 0 radical (unpaired) electrons. The average Bonchev–Trinajstić information content (AvgIpc) is 2.74. The Hall–Kier alpha value is -2.81. The first-order valence-corrected chi connectivity index (χ1v) is 11.1. The summed E-state index contributed by atoms with van der Waals surface area (Å²) in [6.07, 6.45) is -0.0409. The van der Waals surface area contributed by atoms with Crippen molar-refractivity contribution in [2.45, 2.75) is 59.2 Å². The van der Waals surface area contributed by atoms with Crippen LogP contribution in [0, 0.1) is 11.8 Å². The van der Waals surface area contributed by atoms with Gasteiger partial charge in [-0.1, -0.05) is 58.0 Å². The van der Waals surface area contributed by atoms with Gasteiger partial charge in [-0.05, 0) is 30.2 Å². The number of alkyl carbamates (subject to hydrolysis) is 1. The maximum absolute atomic E-state index is 12.9. The molecule has 0 aliphatic rings. The number of alkyl halides is 1. The molecule has 4 amide bonds. The van der Waals surface area contributed by atoms with Crippen molar-refractivity contribution >= 4 is 35.4 Å². The van der Waals surface area contributed by atoms with E-state index >= 15 is 0 Å². The van der Waals surface area contributed by atoms with Crippen LogP contribution >= 0.6 is 11.6 Å². The molecular formula is C22H33ClN4O5. The molecular weight excluding hydrogens is 436 g/mol. The minimum Gasteiger partial charge on any atom is -0.445 e. The van der Waals surface area contributed by atoms with Crippen molar-refractivity contribution in [2.75, 3.05) is 5.88 Å². The summed E-state index contributed by atoms with van der Waals surface area (Å²) in [6.45, 7) is 7.69. The van der Waals surface area contributed by atoms with Crippen LogP contribution in [-0.4, -0.2) is 41.8 Å². The van der Waals surface area contributed by atoms with Crippen LogP contribution in [0.5, 0.6) is 0 Å². The van der Waals surface area contributed by atoms with Crippen LogP contribution in [0.15, 0.2) is 30.3 Å². The van der Waals surface area contributed by atoms with Crippen molar-refractivity contribution in [3.05, 3.63) is 35.9 Å². The first-order valence-electron chi connectivity index (χ1n) is 10.5. The molecule has 0 fully saturated rings. The molecule has 1 aromatic rings. The van der Waals surface area contributed by atoms with E-state index < -0.39 is 35.9 Å². The zero-order valence-electron chi connectivity index (χ0n) is 18.9. The minimum atomic E-state index is -0.907. The Labute approximate surface area is 194 Å². The molecule has 1 rings (SSSR count). The Morgan fingerprint density at radius 1 is 0.844 bits per heavy atom. The molecule has 0 aromatic heterocycles. The van der Waals surface area contributed by atoms with Gasteiger partial charge in [-0.3, -0.25) is 25.2 Å². The van der Waals surface area contributed by atoms with E-state index in [9.17, 15) is 19.2 Å². The first kappa shape index (κ1) is 27.2. The molecule has 4 N–H and O–H groups in total. The van der Waals surface area contributed by atoms with Crippen molar-refractivity contribution in [1.82, 2.24) is 21.5 Å². The van der Waals surface area contributed by atoms with Crippen LogP contribution < -0.4 is 21.5 Å². The van der Waals surface area contributed by atoms with Crippen molar-refractivity contribution in [3.8, 4) is 0 Å². The second kappa shape index (κ2) is 14.3. The molecule has 9 nitrogen and oxygen atoms in total. The van der Waals surface area contributed by atoms with Crippen molar-refractivity contribution < 1.29 is 23.9 Å². The Bertz CT molecular complexity index is 758. The molecule has 0 spiro atoms. The lowest BCUT2D eigenvalue weighted by Crippen LogP contribution is -2.56. The van der Waals surface area contributed by atoms with Crippen molar-refractivity contribution in [2.24, 2.45) is 11.8 Å². The van der Waals surface area contributed by atoms with Crippen LogP contribution in [0.1, 0.15) is 46.1 Å². The highest BCUT2D eigenvalue weighted by Crippen LogP contribution is 2.09. The van der Waals surface area contributed by atoms with E-state index in [0.29, 0.717) is 12.8 Å². The Kier molecular flexibility index (Phi) is 12.2. The van der Waals surface area contributed by atoms with E-state index in [4.69, 9.17) is 16.3 Å². The summed E-state index contributed by atoms with van der Waals surface area (Å²) in [5.41, 5.74) is 5.25. The summed E-state index contributed by atoms with van der Waals surface area (Å²) in [7, 11) is 0. The molecule has 1 aromatic carbocycles. The van der Waals surface area contributed by atoms with Gasteiger partial charge in [-0.15, -0.1) is 11.6 Å². The summed E-state index contributed by atoms with van der Waals surface area (Å²) >= 11 is 5.40. The quantitative estimate of drug-likeness (QED) is 0.293. The minimum absolute atomic E-state index is 0.0708. The average molecular weight is 469 g/mol. The van der Waals surface area contributed by atoms with E-state index in [1.54, 1.807) is 0 Å². The van der Waals surface area contributed by atoms with Crippen molar-refractivity contribution in [3.63, 3.8) is 0 Å². The molecule has 0 unspecified atom stereocenters. The fourth-order valence-corrected chi connectivity index (χ4v) is 2.90. The number of nitrogens with one attached hydrogen (secondary N) is 4. The van der Waals surface area contributed by atoms with Crippen LogP contribution in [0.3, 0.4) is 0 Å². The van der Waals surface area contributed by atoms with Gasteiger partial charge in [0.2, 0.25) is 5.91 Å². The topological polar surface area (TPSA) is 126 Å². The SMILES string of the molecule is CC(C)C[C@H](NC(=O)OCc1ccccc1)C(=O)N[C@@H](CC(C)C)C(=O)NNC(=O)CCl. The van der Waals surface area contributed by atoms with Gasteiger partial charge in [-0.25, -0.2) is 4.79 Å². The molecule has 0 aliphatic heterocycles. The van der Waals surface area contributed by atoms with Gasteiger partial charge in [0.05, 0.1) is 0 Å². The van der Waals surface area contributed by atoms with Crippen LogP contribution in [0.25, 0.3) is 0 Å². The molecule has 0 aliphatic carbocycles. The van der Waals surface area contributed by atoms with E-state index in [0.717, 1.165) is 5.56 Å². The van der Waals surface area contributed by atoms with Gasteiger partial charge in [0.15, 0.2) is 0 Å². The first-order chi connectivity index (χ1) is 15.1. The maximum Gasteiger partial charge on any atom is 0.408 e. The van der Waals surface area contributed by atoms with Gasteiger partial charge in [-0.2, -0.15) is 0 Å². The van der Waals surface area contributed by atoms with E-state index in [1.165, 1.54) is 0 Å². The normalized spacial score (nSPS) is 12.6. The number of rotatable bonds is 11. The number of benzene rings is 1. The van der Waals surface area contributed by atoms with Gasteiger partial charge >= 0.3 is 6.09 Å². The Morgan fingerprint density at radius 3 is 1.94 bits per heavy atom. The third-order valence-electron chi connectivity index (χ3n) is 4.32. The number of hydrazine groups is 1. The Balaban J connectivity index is 2.77. The Morgan fingerprint density at radius 2 is 1.41 bits per heavy atom. The van der Waals surface area contributed by atoms with Gasteiger partial charge < -0.3 is 15.4 Å². The number of halogens is 1. The van der Waals surface area contributed by atoms with E-state index in [2.05, 4.69) is 21.5 Å². The standard InChI is InChI=1S/C22H33ClN4O5/c1-14(2)10-17(25-22(31)32-13-16-8-6-5-7-9-16)20(29)24-18(11-15(3)4)21(30)27-26-19(28)12-23/h5-9,14-15,17-18H,10-13H2,1-4H3,(H,24,29)(H,25,31)(H,26,28)(H,27,30)/t17-,18-/m0/s1. The lowest BCUT2D eigenvalue weighted by Gasteiger charge is -2.25. The molecule has 0 heterocycles. The number of carbonyl (C=O) groups is 4. The fourth-order valence-electron chi connectivity index (χ4n) is 2.84. The predicted octanol–water partition coefficient (Wildman–Crippen LogP) is 2.24. The smallest absolute Gasteiger partial charge is 0.408 e. The third kappa shape index (κ3) is 11.0. The molecule has 0 bridgehead atoms. The summed E-state index contributed by atoms with van der Waals surface area (Å²) in [4.78, 5) is 48.9. The lowest BCUT2D eigenvalue weighted by molar-refractivity contribution is -0.132. The third-order valence-corrected chi connectivity index (χ3v) is 4.56. The van der Waals surface area contributed by atoms with Crippen LogP contribution in [0.2, 0.25) is 0 Å². The monoisotopic (exact) mass is 468 g/mol. The zero-order chi connectivity index (χ0) is 24.1. The lowest BCUT2D eigenvalue weighted by atomic mass is 10.0. The molecule has 0 saturated heterocycles. The summed E-state index contributed by atoms with van der Waals surface area (Å²) in [6, 6.07) is 7.38.